The van der Waals surface area contributed by atoms with Gasteiger partial charge in [0.05, 0.1) is 6.54 Å². The average molecular weight is 274 g/mol. The van der Waals surface area contributed by atoms with E-state index in [9.17, 15) is 0 Å². The second kappa shape index (κ2) is 7.05. The van der Waals surface area contributed by atoms with Crippen LogP contribution in [0, 0.1) is 0 Å². The first-order chi connectivity index (χ1) is 9.76. The van der Waals surface area contributed by atoms with Gasteiger partial charge in [0.1, 0.15) is 18.2 Å². The smallest absolute Gasteiger partial charge is 0.150 e. The van der Waals surface area contributed by atoms with Crippen molar-refractivity contribution in [3.8, 4) is 5.75 Å². The number of hydrogen-bond acceptors (Lipinski definition) is 4. The van der Waals surface area contributed by atoms with E-state index in [2.05, 4.69) is 23.9 Å². The highest BCUT2D eigenvalue weighted by atomic mass is 16.5. The van der Waals surface area contributed by atoms with Gasteiger partial charge in [-0.2, -0.15) is 5.10 Å². The molecule has 5 nitrogen and oxygen atoms in total. The van der Waals surface area contributed by atoms with Crippen LogP contribution in [0.15, 0.2) is 24.3 Å². The van der Waals surface area contributed by atoms with Gasteiger partial charge in [-0.1, -0.05) is 26.0 Å². The summed E-state index contributed by atoms with van der Waals surface area (Å²) >= 11 is 0. The summed E-state index contributed by atoms with van der Waals surface area (Å²) in [5, 5.41) is 4.47. The third kappa shape index (κ3) is 3.57. The van der Waals surface area contributed by atoms with E-state index < -0.39 is 0 Å². The molecular formula is C15H22N4O. The molecule has 5 heteroatoms. The summed E-state index contributed by atoms with van der Waals surface area (Å²) in [6.07, 6.45) is 1.75. The van der Waals surface area contributed by atoms with Gasteiger partial charge in [0.25, 0.3) is 0 Å². The van der Waals surface area contributed by atoms with Crippen LogP contribution in [0.2, 0.25) is 0 Å². The molecule has 0 unspecified atom stereocenters. The van der Waals surface area contributed by atoms with Crippen LogP contribution < -0.4 is 10.5 Å². The Labute approximate surface area is 119 Å². The molecule has 0 spiro atoms. The van der Waals surface area contributed by atoms with Gasteiger partial charge in [-0.3, -0.25) is 0 Å². The lowest BCUT2D eigenvalue weighted by Crippen LogP contribution is -2.12. The standard InChI is InChI=1S/C15H22N4O/c1-3-14-17-15(4-2)19(18-14)9-10-20-13-7-5-12(11-16)6-8-13/h5-8H,3-4,9-11,16H2,1-2H3. The molecule has 1 heterocycles. The number of aromatic nitrogens is 3. The van der Waals surface area contributed by atoms with E-state index >= 15 is 0 Å². The highest BCUT2D eigenvalue weighted by Crippen LogP contribution is 2.12. The zero-order chi connectivity index (χ0) is 14.4. The van der Waals surface area contributed by atoms with Crippen LogP contribution >= 0.6 is 0 Å². The maximum absolute atomic E-state index is 5.72. The Hall–Kier alpha value is -1.88. The highest BCUT2D eigenvalue weighted by molar-refractivity contribution is 5.27. The number of rotatable bonds is 7. The summed E-state index contributed by atoms with van der Waals surface area (Å²) in [5.74, 6) is 2.77. The van der Waals surface area contributed by atoms with Crippen molar-refractivity contribution < 1.29 is 4.74 Å². The molecule has 0 saturated heterocycles. The molecule has 0 atom stereocenters. The van der Waals surface area contributed by atoms with Crippen molar-refractivity contribution in [2.75, 3.05) is 6.61 Å². The fourth-order valence-corrected chi connectivity index (χ4v) is 1.99. The maximum atomic E-state index is 5.72. The van der Waals surface area contributed by atoms with Crippen LogP contribution in [0.4, 0.5) is 0 Å². The van der Waals surface area contributed by atoms with E-state index in [1.54, 1.807) is 0 Å². The molecule has 0 aliphatic carbocycles. The predicted octanol–water partition coefficient (Wildman–Crippen LogP) is 1.94. The van der Waals surface area contributed by atoms with E-state index in [-0.39, 0.29) is 0 Å². The second-order valence-electron chi connectivity index (χ2n) is 4.57. The SMILES string of the molecule is CCc1nc(CC)n(CCOc2ccc(CN)cc2)n1. The molecule has 0 radical (unpaired) electrons. The monoisotopic (exact) mass is 274 g/mol. The highest BCUT2D eigenvalue weighted by Gasteiger charge is 2.06. The third-order valence-electron chi connectivity index (χ3n) is 3.16. The van der Waals surface area contributed by atoms with Crippen molar-refractivity contribution in [3.05, 3.63) is 41.5 Å². The van der Waals surface area contributed by atoms with Crippen molar-refractivity contribution in [2.24, 2.45) is 5.73 Å². The van der Waals surface area contributed by atoms with Crippen molar-refractivity contribution >= 4 is 0 Å². The number of nitrogens with zero attached hydrogens (tertiary/aromatic N) is 3. The van der Waals surface area contributed by atoms with Crippen LogP contribution in [-0.2, 0) is 25.9 Å². The van der Waals surface area contributed by atoms with Crippen LogP contribution in [0.5, 0.6) is 5.75 Å². The Morgan fingerprint density at radius 3 is 2.50 bits per heavy atom. The zero-order valence-corrected chi connectivity index (χ0v) is 12.2. The minimum atomic E-state index is 0.554. The molecule has 1 aromatic heterocycles. The van der Waals surface area contributed by atoms with Crippen molar-refractivity contribution in [3.63, 3.8) is 0 Å². The quantitative estimate of drug-likeness (QED) is 0.838. The zero-order valence-electron chi connectivity index (χ0n) is 12.2. The van der Waals surface area contributed by atoms with Gasteiger partial charge in [0, 0.05) is 19.4 Å². The van der Waals surface area contributed by atoms with E-state index in [1.807, 2.05) is 28.9 Å². The van der Waals surface area contributed by atoms with Crippen LogP contribution in [0.25, 0.3) is 0 Å². The Balaban J connectivity index is 1.90. The first kappa shape index (κ1) is 14.5. The summed E-state index contributed by atoms with van der Waals surface area (Å²) in [5.41, 5.74) is 6.67. The summed E-state index contributed by atoms with van der Waals surface area (Å²) in [4.78, 5) is 4.48. The summed E-state index contributed by atoms with van der Waals surface area (Å²) in [6, 6.07) is 7.86. The van der Waals surface area contributed by atoms with E-state index in [4.69, 9.17) is 10.5 Å². The fourth-order valence-electron chi connectivity index (χ4n) is 1.99. The van der Waals surface area contributed by atoms with Gasteiger partial charge < -0.3 is 10.5 Å². The molecule has 1 aromatic carbocycles. The second-order valence-corrected chi connectivity index (χ2v) is 4.57. The normalized spacial score (nSPS) is 10.8. The summed E-state index contributed by atoms with van der Waals surface area (Å²) in [6.45, 7) is 6.01. The molecule has 0 aliphatic rings. The van der Waals surface area contributed by atoms with E-state index in [0.717, 1.165) is 42.3 Å². The molecule has 0 bridgehead atoms. The van der Waals surface area contributed by atoms with Crippen LogP contribution in [-0.4, -0.2) is 21.4 Å². The van der Waals surface area contributed by atoms with Gasteiger partial charge >= 0.3 is 0 Å². The molecule has 108 valence electrons. The third-order valence-corrected chi connectivity index (χ3v) is 3.16. The van der Waals surface area contributed by atoms with Crippen molar-refractivity contribution in [1.29, 1.82) is 0 Å². The molecule has 0 fully saturated rings. The van der Waals surface area contributed by atoms with Gasteiger partial charge in [-0.25, -0.2) is 9.67 Å². The molecule has 0 amide bonds. The van der Waals surface area contributed by atoms with Crippen molar-refractivity contribution in [2.45, 2.75) is 39.8 Å². The Bertz CT molecular complexity index is 533. The molecular weight excluding hydrogens is 252 g/mol. The molecule has 2 N–H and O–H groups in total. The van der Waals surface area contributed by atoms with E-state index in [0.29, 0.717) is 13.2 Å². The van der Waals surface area contributed by atoms with Crippen LogP contribution in [0.3, 0.4) is 0 Å². The Morgan fingerprint density at radius 1 is 1.15 bits per heavy atom. The first-order valence-corrected chi connectivity index (χ1v) is 7.11. The molecule has 2 rings (SSSR count). The molecule has 0 saturated carbocycles. The summed E-state index contributed by atoms with van der Waals surface area (Å²) < 4.78 is 7.66. The first-order valence-electron chi connectivity index (χ1n) is 7.11. The fraction of sp³-hybridized carbons (Fsp3) is 0.467. The predicted molar refractivity (Wildman–Crippen MR) is 78.6 cm³/mol. The lowest BCUT2D eigenvalue weighted by Gasteiger charge is -2.08. The number of aryl methyl sites for hydroxylation is 2. The molecule has 0 aliphatic heterocycles. The average Bonchev–Trinajstić information content (AvgIpc) is 2.90. The number of ether oxygens (including phenoxy) is 1. The Morgan fingerprint density at radius 2 is 1.90 bits per heavy atom. The maximum Gasteiger partial charge on any atom is 0.150 e. The topological polar surface area (TPSA) is 66.0 Å². The Kier molecular flexibility index (Phi) is 5.12. The van der Waals surface area contributed by atoms with Crippen molar-refractivity contribution in [1.82, 2.24) is 14.8 Å². The molecule has 20 heavy (non-hydrogen) atoms. The lowest BCUT2D eigenvalue weighted by molar-refractivity contribution is 0.288. The molecule has 2 aromatic rings. The summed E-state index contributed by atoms with van der Waals surface area (Å²) in [7, 11) is 0. The van der Waals surface area contributed by atoms with Gasteiger partial charge in [0.15, 0.2) is 5.82 Å². The minimum Gasteiger partial charge on any atom is -0.492 e. The van der Waals surface area contributed by atoms with Gasteiger partial charge in [-0.05, 0) is 17.7 Å². The minimum absolute atomic E-state index is 0.554. The van der Waals surface area contributed by atoms with Gasteiger partial charge in [0.2, 0.25) is 0 Å². The number of benzene rings is 1. The lowest BCUT2D eigenvalue weighted by atomic mass is 10.2. The van der Waals surface area contributed by atoms with E-state index in [1.165, 1.54) is 0 Å². The number of hydrogen-bond donors (Lipinski definition) is 1. The van der Waals surface area contributed by atoms with Gasteiger partial charge in [-0.15, -0.1) is 0 Å². The number of nitrogens with two attached hydrogens (primary N) is 1. The largest absolute Gasteiger partial charge is 0.492 e. The van der Waals surface area contributed by atoms with Crippen LogP contribution in [0.1, 0.15) is 31.1 Å².